The van der Waals surface area contributed by atoms with E-state index in [9.17, 15) is 18.0 Å². The van der Waals surface area contributed by atoms with Crippen molar-refractivity contribution in [2.45, 2.75) is 6.18 Å². The van der Waals surface area contributed by atoms with Gasteiger partial charge in [0, 0.05) is 5.69 Å². The topological polar surface area (TPSA) is 38.3 Å². The van der Waals surface area contributed by atoms with Crippen LogP contribution in [0.3, 0.4) is 0 Å². The Labute approximate surface area is 104 Å². The van der Waals surface area contributed by atoms with Crippen molar-refractivity contribution in [1.82, 2.24) is 0 Å². The first kappa shape index (κ1) is 13.9. The molecule has 1 rings (SSSR count). The maximum atomic E-state index is 11.7. The number of amides is 1. The van der Waals surface area contributed by atoms with Crippen molar-refractivity contribution >= 4 is 35.0 Å². The molecule has 0 spiro atoms. The Hall–Kier alpha value is -1.14. The Bertz CT molecular complexity index is 423. The molecule has 1 amide bonds. The quantitative estimate of drug-likeness (QED) is 0.889. The third-order valence-electron chi connectivity index (χ3n) is 1.53. The molecule has 0 aliphatic rings. The number of nitrogens with one attached hydrogen (secondary N) is 1. The number of ether oxygens (including phenoxy) is 1. The number of carbonyl (C=O) groups excluding carboxylic acids is 1. The van der Waals surface area contributed by atoms with E-state index < -0.39 is 18.9 Å². The highest BCUT2D eigenvalue weighted by molar-refractivity contribution is 6.42. The van der Waals surface area contributed by atoms with Gasteiger partial charge in [0.15, 0.2) is 6.61 Å². The normalized spacial score (nSPS) is 11.1. The molecule has 0 radical (unpaired) electrons. The maximum absolute atomic E-state index is 11.7. The van der Waals surface area contributed by atoms with Gasteiger partial charge in [-0.2, -0.15) is 13.2 Å². The van der Waals surface area contributed by atoms with Gasteiger partial charge in [-0.1, -0.05) is 23.2 Å². The lowest BCUT2D eigenvalue weighted by Gasteiger charge is -2.09. The molecule has 0 saturated heterocycles. The lowest BCUT2D eigenvalue weighted by Crippen LogP contribution is -2.23. The van der Waals surface area contributed by atoms with Crippen LogP contribution in [0.5, 0.6) is 0 Å². The van der Waals surface area contributed by atoms with Gasteiger partial charge in [-0.05, 0) is 18.2 Å². The van der Waals surface area contributed by atoms with E-state index in [4.69, 9.17) is 23.2 Å². The van der Waals surface area contributed by atoms with Crippen LogP contribution in [0.1, 0.15) is 0 Å². The fourth-order valence-electron chi connectivity index (χ4n) is 0.875. The summed E-state index contributed by atoms with van der Waals surface area (Å²) in [5.74, 6) is 0. The molecule has 3 nitrogen and oxygen atoms in total. The maximum Gasteiger partial charge on any atom is 0.422 e. The molecule has 0 atom stereocenters. The Balaban J connectivity index is 2.54. The second-order valence-corrected chi connectivity index (χ2v) is 3.76. The summed E-state index contributed by atoms with van der Waals surface area (Å²) in [5, 5.41) is 2.51. The first-order valence-electron chi connectivity index (χ1n) is 4.23. The number of alkyl halides is 3. The van der Waals surface area contributed by atoms with Crippen LogP contribution >= 0.6 is 23.2 Å². The van der Waals surface area contributed by atoms with Crippen molar-refractivity contribution in [3.05, 3.63) is 28.2 Å². The van der Waals surface area contributed by atoms with Crippen molar-refractivity contribution < 1.29 is 22.7 Å². The minimum Gasteiger partial charge on any atom is -0.440 e. The zero-order valence-electron chi connectivity index (χ0n) is 8.15. The number of hydrogen-bond donors (Lipinski definition) is 1. The predicted octanol–water partition coefficient (Wildman–Crippen LogP) is 4.10. The molecule has 0 heterocycles. The van der Waals surface area contributed by atoms with Crippen LogP contribution in [0.2, 0.25) is 10.0 Å². The number of hydrogen-bond acceptors (Lipinski definition) is 2. The summed E-state index contributed by atoms with van der Waals surface area (Å²) in [7, 11) is 0. The van der Waals surface area contributed by atoms with Crippen LogP contribution in [-0.2, 0) is 4.74 Å². The Morgan fingerprint density at radius 3 is 2.47 bits per heavy atom. The minimum atomic E-state index is -4.56. The first-order chi connectivity index (χ1) is 7.78. The molecule has 94 valence electrons. The van der Waals surface area contributed by atoms with Gasteiger partial charge in [-0.25, -0.2) is 4.79 Å². The summed E-state index contributed by atoms with van der Waals surface area (Å²) in [4.78, 5) is 10.9. The van der Waals surface area contributed by atoms with E-state index in [-0.39, 0.29) is 15.7 Å². The van der Waals surface area contributed by atoms with Gasteiger partial charge in [0.2, 0.25) is 0 Å². The lowest BCUT2D eigenvalue weighted by molar-refractivity contribution is -0.159. The number of benzene rings is 1. The average Bonchev–Trinajstić information content (AvgIpc) is 2.20. The fourth-order valence-corrected chi connectivity index (χ4v) is 1.17. The number of halogens is 5. The molecule has 0 aliphatic carbocycles. The summed E-state index contributed by atoms with van der Waals surface area (Å²) >= 11 is 11.3. The predicted molar refractivity (Wildman–Crippen MR) is 57.5 cm³/mol. The van der Waals surface area contributed by atoms with Crippen LogP contribution in [0.15, 0.2) is 18.2 Å². The second kappa shape index (κ2) is 5.46. The molecule has 0 aromatic heterocycles. The van der Waals surface area contributed by atoms with Gasteiger partial charge in [-0.3, -0.25) is 5.32 Å². The molecule has 0 unspecified atom stereocenters. The third kappa shape index (κ3) is 5.14. The summed E-state index contributed by atoms with van der Waals surface area (Å²) in [5.41, 5.74) is 0.187. The van der Waals surface area contributed by atoms with Gasteiger partial charge in [0.25, 0.3) is 0 Å². The van der Waals surface area contributed by atoms with Crippen molar-refractivity contribution in [3.63, 3.8) is 0 Å². The molecule has 0 fully saturated rings. The molecule has 1 N–H and O–H groups in total. The van der Waals surface area contributed by atoms with E-state index in [1.54, 1.807) is 0 Å². The van der Waals surface area contributed by atoms with Gasteiger partial charge < -0.3 is 4.74 Å². The molecular formula is C9H6Cl2F3NO2. The molecule has 8 heteroatoms. The van der Waals surface area contributed by atoms with E-state index in [2.05, 4.69) is 10.1 Å². The minimum absolute atomic E-state index is 0.167. The lowest BCUT2D eigenvalue weighted by atomic mass is 10.3. The highest BCUT2D eigenvalue weighted by Gasteiger charge is 2.29. The van der Waals surface area contributed by atoms with E-state index in [1.165, 1.54) is 18.2 Å². The largest absolute Gasteiger partial charge is 0.440 e. The Morgan fingerprint density at radius 1 is 1.29 bits per heavy atom. The SMILES string of the molecule is O=C(Nc1ccc(Cl)c(Cl)c1)OCC(F)(F)F. The number of anilines is 1. The standard InChI is InChI=1S/C9H6Cl2F3NO2/c10-6-2-1-5(3-7(6)11)15-8(16)17-4-9(12,13)14/h1-3H,4H2,(H,15,16). The zero-order chi connectivity index (χ0) is 13.1. The van der Waals surface area contributed by atoms with Gasteiger partial charge >= 0.3 is 12.3 Å². The summed E-state index contributed by atoms with van der Waals surface area (Å²) in [6, 6.07) is 4.06. The van der Waals surface area contributed by atoms with Crippen LogP contribution < -0.4 is 5.32 Å². The van der Waals surface area contributed by atoms with Crippen LogP contribution in [0.4, 0.5) is 23.7 Å². The molecule has 0 bridgehead atoms. The van der Waals surface area contributed by atoms with Crippen molar-refractivity contribution in [3.8, 4) is 0 Å². The molecular weight excluding hydrogens is 282 g/mol. The monoisotopic (exact) mass is 287 g/mol. The average molecular weight is 288 g/mol. The first-order valence-corrected chi connectivity index (χ1v) is 4.99. The van der Waals surface area contributed by atoms with Crippen molar-refractivity contribution in [2.75, 3.05) is 11.9 Å². The zero-order valence-corrected chi connectivity index (χ0v) is 9.66. The highest BCUT2D eigenvalue weighted by Crippen LogP contribution is 2.25. The van der Waals surface area contributed by atoms with Gasteiger partial charge in [0.05, 0.1) is 10.0 Å². The van der Waals surface area contributed by atoms with Crippen LogP contribution in [0, 0.1) is 0 Å². The molecule has 1 aromatic carbocycles. The molecule has 17 heavy (non-hydrogen) atoms. The molecule has 0 saturated carbocycles. The van der Waals surface area contributed by atoms with E-state index in [0.29, 0.717) is 0 Å². The smallest absolute Gasteiger partial charge is 0.422 e. The van der Waals surface area contributed by atoms with Gasteiger partial charge in [-0.15, -0.1) is 0 Å². The van der Waals surface area contributed by atoms with Crippen molar-refractivity contribution in [1.29, 1.82) is 0 Å². The fraction of sp³-hybridized carbons (Fsp3) is 0.222. The van der Waals surface area contributed by atoms with Crippen LogP contribution in [-0.4, -0.2) is 18.9 Å². The summed E-state index contributed by atoms with van der Waals surface area (Å²) in [6.07, 6.45) is -5.78. The van der Waals surface area contributed by atoms with E-state index in [1.807, 2.05) is 0 Å². The van der Waals surface area contributed by atoms with E-state index in [0.717, 1.165) is 0 Å². The number of rotatable bonds is 2. The number of carbonyl (C=O) groups is 1. The second-order valence-electron chi connectivity index (χ2n) is 2.95. The molecule has 1 aromatic rings. The van der Waals surface area contributed by atoms with Crippen molar-refractivity contribution in [2.24, 2.45) is 0 Å². The van der Waals surface area contributed by atoms with E-state index >= 15 is 0 Å². The van der Waals surface area contributed by atoms with Gasteiger partial charge in [0.1, 0.15) is 0 Å². The van der Waals surface area contributed by atoms with Crippen LogP contribution in [0.25, 0.3) is 0 Å². The Morgan fingerprint density at radius 2 is 1.94 bits per heavy atom. The summed E-state index contributed by atoms with van der Waals surface area (Å²) in [6.45, 7) is -1.65. The third-order valence-corrected chi connectivity index (χ3v) is 2.27. The summed E-state index contributed by atoms with van der Waals surface area (Å²) < 4.78 is 39.1. The highest BCUT2D eigenvalue weighted by atomic mass is 35.5. The molecule has 0 aliphatic heterocycles. The Kier molecular flexibility index (Phi) is 4.47.